The van der Waals surface area contributed by atoms with E-state index in [9.17, 15) is 20.1 Å². The number of phenols is 2. The van der Waals surface area contributed by atoms with Gasteiger partial charge in [-0.1, -0.05) is 12.1 Å². The molecule has 1 atom stereocenters. The standard InChI is InChI=1S/C17H16N2O6/c1-9(20)19-25-17(23)13(10-2-4-11(18)5-3-10)8-24-15-7-12(21)6-14(22)16(15)17/h2-8,21-23H,18H2,1H3,(H,19,20). The molecule has 130 valence electrons. The number of hydrogen-bond acceptors (Lipinski definition) is 7. The number of ether oxygens (including phenoxy) is 1. The van der Waals surface area contributed by atoms with E-state index in [1.807, 2.05) is 0 Å². The second kappa shape index (κ2) is 6.00. The van der Waals surface area contributed by atoms with Crippen molar-refractivity contribution in [3.63, 3.8) is 0 Å². The number of benzene rings is 2. The summed E-state index contributed by atoms with van der Waals surface area (Å²) in [5.41, 5.74) is 8.70. The molecule has 1 amide bonds. The van der Waals surface area contributed by atoms with Gasteiger partial charge < -0.3 is 25.8 Å². The maximum Gasteiger partial charge on any atom is 0.254 e. The van der Waals surface area contributed by atoms with E-state index in [4.69, 9.17) is 15.3 Å². The Morgan fingerprint density at radius 2 is 1.92 bits per heavy atom. The second-order valence-corrected chi connectivity index (χ2v) is 5.51. The number of aliphatic hydroxyl groups is 1. The van der Waals surface area contributed by atoms with Gasteiger partial charge in [-0.3, -0.25) is 4.79 Å². The molecule has 8 heteroatoms. The molecular weight excluding hydrogens is 328 g/mol. The van der Waals surface area contributed by atoms with Crippen molar-refractivity contribution < 1.29 is 29.7 Å². The van der Waals surface area contributed by atoms with Crippen molar-refractivity contribution in [1.82, 2.24) is 5.48 Å². The van der Waals surface area contributed by atoms with Crippen molar-refractivity contribution in [3.8, 4) is 17.2 Å². The summed E-state index contributed by atoms with van der Waals surface area (Å²) in [5, 5.41) is 31.0. The van der Waals surface area contributed by atoms with Crippen molar-refractivity contribution in [2.45, 2.75) is 12.7 Å². The summed E-state index contributed by atoms with van der Waals surface area (Å²) in [6, 6.07) is 8.69. The third-order valence-corrected chi connectivity index (χ3v) is 3.64. The smallest absolute Gasteiger partial charge is 0.254 e. The van der Waals surface area contributed by atoms with Gasteiger partial charge in [-0.05, 0) is 17.7 Å². The van der Waals surface area contributed by atoms with Crippen molar-refractivity contribution in [1.29, 1.82) is 0 Å². The molecule has 0 saturated carbocycles. The lowest BCUT2D eigenvalue weighted by atomic mass is 9.89. The Hall–Kier alpha value is -3.23. The van der Waals surface area contributed by atoms with Crippen LogP contribution in [-0.4, -0.2) is 21.2 Å². The van der Waals surface area contributed by atoms with Crippen LogP contribution in [0.3, 0.4) is 0 Å². The van der Waals surface area contributed by atoms with Crippen molar-refractivity contribution in [3.05, 3.63) is 53.8 Å². The third-order valence-electron chi connectivity index (χ3n) is 3.64. The van der Waals surface area contributed by atoms with Crippen molar-refractivity contribution in [2.24, 2.45) is 0 Å². The lowest BCUT2D eigenvalue weighted by Crippen LogP contribution is -2.40. The van der Waals surface area contributed by atoms with Crippen LogP contribution in [0, 0.1) is 0 Å². The fourth-order valence-corrected chi connectivity index (χ4v) is 2.54. The Balaban J connectivity index is 2.16. The molecule has 8 nitrogen and oxygen atoms in total. The second-order valence-electron chi connectivity index (χ2n) is 5.51. The van der Waals surface area contributed by atoms with Crippen LogP contribution in [0.1, 0.15) is 18.1 Å². The van der Waals surface area contributed by atoms with Gasteiger partial charge in [0.1, 0.15) is 29.1 Å². The molecule has 0 fully saturated rings. The number of nitrogens with two attached hydrogens (primary N) is 1. The molecule has 25 heavy (non-hydrogen) atoms. The highest BCUT2D eigenvalue weighted by molar-refractivity contribution is 5.78. The molecule has 1 aliphatic rings. The number of amides is 1. The highest BCUT2D eigenvalue weighted by atomic mass is 16.7. The number of carbonyl (C=O) groups is 1. The summed E-state index contributed by atoms with van der Waals surface area (Å²) >= 11 is 0. The number of carbonyl (C=O) groups excluding carboxylic acids is 1. The van der Waals surface area contributed by atoms with Gasteiger partial charge in [-0.15, -0.1) is 0 Å². The van der Waals surface area contributed by atoms with E-state index in [0.29, 0.717) is 11.3 Å². The number of nitrogens with one attached hydrogen (secondary N) is 1. The first-order valence-corrected chi connectivity index (χ1v) is 7.28. The zero-order chi connectivity index (χ0) is 18.2. The quantitative estimate of drug-likeness (QED) is 0.322. The average molecular weight is 344 g/mol. The van der Waals surface area contributed by atoms with Gasteiger partial charge in [-0.2, -0.15) is 0 Å². The minimum absolute atomic E-state index is 0.0236. The number of nitrogen functional groups attached to an aromatic ring is 1. The highest BCUT2D eigenvalue weighted by Crippen LogP contribution is 2.49. The molecule has 3 rings (SSSR count). The number of anilines is 1. The Kier molecular flexibility index (Phi) is 3.99. The SMILES string of the molecule is CC(=O)NOC1(O)C(c2ccc(N)cc2)=COc2cc(O)cc(O)c21. The van der Waals surface area contributed by atoms with Gasteiger partial charge in [0.25, 0.3) is 5.79 Å². The minimum Gasteiger partial charge on any atom is -0.508 e. The van der Waals surface area contributed by atoms with Gasteiger partial charge in [0, 0.05) is 24.7 Å². The largest absolute Gasteiger partial charge is 0.508 e. The van der Waals surface area contributed by atoms with E-state index >= 15 is 0 Å². The Labute approximate surface area is 142 Å². The van der Waals surface area contributed by atoms with E-state index < -0.39 is 17.4 Å². The van der Waals surface area contributed by atoms with Crippen LogP contribution in [0.5, 0.6) is 17.2 Å². The Morgan fingerprint density at radius 1 is 1.24 bits per heavy atom. The molecule has 1 heterocycles. The maximum absolute atomic E-state index is 11.3. The molecule has 0 aliphatic carbocycles. The third kappa shape index (κ3) is 2.95. The van der Waals surface area contributed by atoms with Crippen LogP contribution in [0.4, 0.5) is 5.69 Å². The van der Waals surface area contributed by atoms with E-state index in [1.165, 1.54) is 19.3 Å². The van der Waals surface area contributed by atoms with Gasteiger partial charge >= 0.3 is 0 Å². The summed E-state index contributed by atoms with van der Waals surface area (Å²) in [4.78, 5) is 16.5. The predicted octanol–water partition coefficient (Wildman–Crippen LogP) is 1.33. The van der Waals surface area contributed by atoms with Gasteiger partial charge in [0.15, 0.2) is 0 Å². The van der Waals surface area contributed by atoms with Gasteiger partial charge in [0.2, 0.25) is 5.91 Å². The Morgan fingerprint density at radius 3 is 2.56 bits per heavy atom. The molecule has 0 bridgehead atoms. The summed E-state index contributed by atoms with van der Waals surface area (Å²) in [6.07, 6.45) is 1.20. The minimum atomic E-state index is -2.26. The lowest BCUT2D eigenvalue weighted by Gasteiger charge is -2.34. The molecule has 0 saturated heterocycles. The van der Waals surface area contributed by atoms with E-state index in [2.05, 4.69) is 5.48 Å². The van der Waals surface area contributed by atoms with Crippen LogP contribution < -0.4 is 16.0 Å². The van der Waals surface area contributed by atoms with Crippen LogP contribution >= 0.6 is 0 Å². The number of rotatable bonds is 3. The lowest BCUT2D eigenvalue weighted by molar-refractivity contribution is -0.211. The normalized spacial score (nSPS) is 18.7. The summed E-state index contributed by atoms with van der Waals surface area (Å²) in [6.45, 7) is 1.20. The fraction of sp³-hybridized carbons (Fsp3) is 0.118. The molecule has 2 aromatic rings. The van der Waals surface area contributed by atoms with Crippen molar-refractivity contribution >= 4 is 17.2 Å². The van der Waals surface area contributed by atoms with Crippen LogP contribution in [0.15, 0.2) is 42.7 Å². The molecular formula is C17H16N2O6. The van der Waals surface area contributed by atoms with Crippen LogP contribution in [0.2, 0.25) is 0 Å². The van der Waals surface area contributed by atoms with E-state index in [0.717, 1.165) is 6.07 Å². The van der Waals surface area contributed by atoms with Crippen molar-refractivity contribution in [2.75, 3.05) is 5.73 Å². The molecule has 6 N–H and O–H groups in total. The number of phenolic OH excluding ortho intramolecular Hbond substituents is 2. The molecule has 1 unspecified atom stereocenters. The summed E-state index contributed by atoms with van der Waals surface area (Å²) in [5.74, 6) is -3.57. The molecule has 0 radical (unpaired) electrons. The number of aromatic hydroxyl groups is 2. The first kappa shape index (κ1) is 16.6. The summed E-state index contributed by atoms with van der Waals surface area (Å²) in [7, 11) is 0. The molecule has 2 aromatic carbocycles. The van der Waals surface area contributed by atoms with Crippen LogP contribution in [0.25, 0.3) is 5.57 Å². The number of fused-ring (bicyclic) bond motifs is 1. The molecule has 1 aliphatic heterocycles. The summed E-state index contributed by atoms with van der Waals surface area (Å²) < 4.78 is 5.42. The fourth-order valence-electron chi connectivity index (χ4n) is 2.54. The first-order chi connectivity index (χ1) is 11.8. The monoisotopic (exact) mass is 344 g/mol. The van der Waals surface area contributed by atoms with Crippen LogP contribution in [-0.2, 0) is 15.4 Å². The first-order valence-electron chi connectivity index (χ1n) is 7.28. The predicted molar refractivity (Wildman–Crippen MR) is 88.0 cm³/mol. The number of hydrogen-bond donors (Lipinski definition) is 5. The average Bonchev–Trinajstić information content (AvgIpc) is 2.54. The zero-order valence-corrected chi connectivity index (χ0v) is 13.2. The van der Waals surface area contributed by atoms with E-state index in [-0.39, 0.29) is 22.6 Å². The van der Waals surface area contributed by atoms with Gasteiger partial charge in [0.05, 0.1) is 5.57 Å². The molecule has 0 spiro atoms. The maximum atomic E-state index is 11.3. The van der Waals surface area contributed by atoms with Gasteiger partial charge in [-0.25, -0.2) is 10.3 Å². The highest BCUT2D eigenvalue weighted by Gasteiger charge is 2.45. The Bertz CT molecular complexity index is 862. The zero-order valence-electron chi connectivity index (χ0n) is 13.2. The van der Waals surface area contributed by atoms with E-state index in [1.54, 1.807) is 24.3 Å². The number of hydroxylamine groups is 1. The topological polar surface area (TPSA) is 134 Å². The molecule has 0 aromatic heterocycles.